The molecule has 0 aromatic carbocycles. The van der Waals surface area contributed by atoms with Crippen LogP contribution in [0.2, 0.25) is 0 Å². The molecule has 0 aliphatic carbocycles. The van der Waals surface area contributed by atoms with E-state index in [1.165, 1.54) is 6.20 Å². The fourth-order valence-corrected chi connectivity index (χ4v) is 2.45. The van der Waals surface area contributed by atoms with Crippen LogP contribution in [0.25, 0.3) is 0 Å². The molecule has 1 fully saturated rings. The van der Waals surface area contributed by atoms with E-state index in [9.17, 15) is 4.79 Å². The van der Waals surface area contributed by atoms with E-state index in [1.807, 2.05) is 18.5 Å². The minimum atomic E-state index is -0.885. The highest BCUT2D eigenvalue weighted by atomic mass is 16.4. The van der Waals surface area contributed by atoms with Gasteiger partial charge in [0.25, 0.3) is 0 Å². The number of aromatic carboxylic acids is 1. The van der Waals surface area contributed by atoms with Gasteiger partial charge in [-0.1, -0.05) is 13.8 Å². The fourth-order valence-electron chi connectivity index (χ4n) is 2.45. The molecule has 2 heterocycles. The zero-order valence-corrected chi connectivity index (χ0v) is 10.3. The molecule has 0 saturated carbocycles. The smallest absolute Gasteiger partial charge is 0.339 e. The van der Waals surface area contributed by atoms with Gasteiger partial charge in [0.15, 0.2) is 0 Å². The maximum atomic E-state index is 11.2. The second kappa shape index (κ2) is 4.87. The largest absolute Gasteiger partial charge is 0.478 e. The van der Waals surface area contributed by atoms with Crippen molar-refractivity contribution >= 4 is 5.97 Å². The Morgan fingerprint density at radius 1 is 1.65 bits per heavy atom. The summed E-state index contributed by atoms with van der Waals surface area (Å²) >= 11 is 0. The van der Waals surface area contributed by atoms with E-state index in [2.05, 4.69) is 10.4 Å². The number of aromatic nitrogens is 2. The van der Waals surface area contributed by atoms with Gasteiger partial charge in [0.05, 0.1) is 17.9 Å². The van der Waals surface area contributed by atoms with Crippen molar-refractivity contribution in [1.82, 2.24) is 15.1 Å². The van der Waals surface area contributed by atoms with Crippen LogP contribution >= 0.6 is 0 Å². The van der Waals surface area contributed by atoms with E-state index in [4.69, 9.17) is 5.11 Å². The van der Waals surface area contributed by atoms with Gasteiger partial charge in [-0.15, -0.1) is 0 Å². The van der Waals surface area contributed by atoms with E-state index < -0.39 is 5.97 Å². The molecule has 0 radical (unpaired) electrons. The molecule has 94 valence electrons. The van der Waals surface area contributed by atoms with Gasteiger partial charge in [0, 0.05) is 6.54 Å². The third kappa shape index (κ3) is 2.34. The topological polar surface area (TPSA) is 67.1 Å². The molecule has 0 bridgehead atoms. The Labute approximate surface area is 101 Å². The summed E-state index contributed by atoms with van der Waals surface area (Å²) in [7, 11) is 0. The van der Waals surface area contributed by atoms with Crippen LogP contribution in [0.1, 0.15) is 54.7 Å². The van der Waals surface area contributed by atoms with Crippen LogP contribution in [0.15, 0.2) is 6.20 Å². The molecule has 1 aliphatic rings. The molecule has 5 heteroatoms. The van der Waals surface area contributed by atoms with E-state index in [-0.39, 0.29) is 12.0 Å². The molecule has 2 rings (SSSR count). The van der Waals surface area contributed by atoms with Gasteiger partial charge >= 0.3 is 5.97 Å². The predicted molar refractivity (Wildman–Crippen MR) is 64.4 cm³/mol. The first-order chi connectivity index (χ1) is 8.11. The molecular weight excluding hydrogens is 218 g/mol. The summed E-state index contributed by atoms with van der Waals surface area (Å²) in [6, 6.07) is 0.286. The van der Waals surface area contributed by atoms with E-state index in [0.717, 1.165) is 31.6 Å². The molecule has 0 unspecified atom stereocenters. The number of carboxylic acid groups (broad SMARTS) is 1. The summed E-state index contributed by atoms with van der Waals surface area (Å²) in [5, 5.41) is 16.8. The van der Waals surface area contributed by atoms with Crippen molar-refractivity contribution < 1.29 is 9.90 Å². The average molecular weight is 237 g/mol. The number of carboxylic acids is 1. The zero-order valence-electron chi connectivity index (χ0n) is 10.3. The SMILES string of the molecule is CC(C)c1c(C(=O)O)cnn1[C@H]1CCCNC1. The molecule has 5 nitrogen and oxygen atoms in total. The number of nitrogens with one attached hydrogen (secondary N) is 1. The lowest BCUT2D eigenvalue weighted by atomic mass is 10.0. The molecule has 2 N–H and O–H groups in total. The summed E-state index contributed by atoms with van der Waals surface area (Å²) < 4.78 is 1.90. The van der Waals surface area contributed by atoms with Crippen LogP contribution in [-0.4, -0.2) is 33.9 Å². The van der Waals surface area contributed by atoms with Gasteiger partial charge in [-0.25, -0.2) is 4.79 Å². The molecule has 0 amide bonds. The first-order valence-electron chi connectivity index (χ1n) is 6.12. The van der Waals surface area contributed by atoms with E-state index in [0.29, 0.717) is 5.56 Å². The summed E-state index contributed by atoms with van der Waals surface area (Å²) in [5.74, 6) is -0.714. The Kier molecular flexibility index (Phi) is 3.47. The second-order valence-corrected chi connectivity index (χ2v) is 4.85. The first kappa shape index (κ1) is 12.1. The van der Waals surface area contributed by atoms with Gasteiger partial charge in [-0.2, -0.15) is 5.10 Å². The minimum Gasteiger partial charge on any atom is -0.478 e. The molecule has 1 aromatic heterocycles. The lowest BCUT2D eigenvalue weighted by molar-refractivity contribution is 0.0695. The van der Waals surface area contributed by atoms with Crippen molar-refractivity contribution in [2.45, 2.75) is 38.6 Å². The number of carbonyl (C=O) groups is 1. The summed E-state index contributed by atoms with van der Waals surface area (Å²) in [5.41, 5.74) is 1.18. The highest BCUT2D eigenvalue weighted by Crippen LogP contribution is 2.25. The van der Waals surface area contributed by atoms with Crippen molar-refractivity contribution in [1.29, 1.82) is 0 Å². The van der Waals surface area contributed by atoms with Crippen LogP contribution in [0.3, 0.4) is 0 Å². The minimum absolute atomic E-state index is 0.172. The second-order valence-electron chi connectivity index (χ2n) is 4.85. The Hall–Kier alpha value is -1.36. The molecular formula is C12H19N3O2. The Morgan fingerprint density at radius 3 is 2.94 bits per heavy atom. The zero-order chi connectivity index (χ0) is 12.4. The molecule has 1 aromatic rings. The van der Waals surface area contributed by atoms with Crippen LogP contribution < -0.4 is 5.32 Å². The van der Waals surface area contributed by atoms with Crippen molar-refractivity contribution in [2.24, 2.45) is 0 Å². The maximum Gasteiger partial charge on any atom is 0.339 e. The van der Waals surface area contributed by atoms with Crippen LogP contribution in [0, 0.1) is 0 Å². The monoisotopic (exact) mass is 237 g/mol. The summed E-state index contributed by atoms with van der Waals surface area (Å²) in [4.78, 5) is 11.2. The van der Waals surface area contributed by atoms with Crippen molar-refractivity contribution in [3.8, 4) is 0 Å². The number of nitrogens with zero attached hydrogens (tertiary/aromatic N) is 2. The quantitative estimate of drug-likeness (QED) is 0.838. The van der Waals surface area contributed by atoms with Crippen molar-refractivity contribution in [3.05, 3.63) is 17.5 Å². The van der Waals surface area contributed by atoms with Gasteiger partial charge in [0.1, 0.15) is 5.56 Å². The van der Waals surface area contributed by atoms with Gasteiger partial charge in [0.2, 0.25) is 0 Å². The lowest BCUT2D eigenvalue weighted by Gasteiger charge is -2.26. The van der Waals surface area contributed by atoms with Gasteiger partial charge in [-0.05, 0) is 25.3 Å². The number of hydrogen-bond acceptors (Lipinski definition) is 3. The Morgan fingerprint density at radius 2 is 2.41 bits per heavy atom. The number of piperidine rings is 1. The maximum absolute atomic E-state index is 11.2. The van der Waals surface area contributed by atoms with Gasteiger partial charge < -0.3 is 10.4 Å². The normalized spacial score (nSPS) is 20.8. The first-order valence-corrected chi connectivity index (χ1v) is 6.12. The standard InChI is InChI=1S/C12H19N3O2/c1-8(2)11-10(12(16)17)7-14-15(11)9-4-3-5-13-6-9/h7-9,13H,3-6H2,1-2H3,(H,16,17)/t9-/m0/s1. The van der Waals surface area contributed by atoms with E-state index in [1.54, 1.807) is 0 Å². The highest BCUT2D eigenvalue weighted by molar-refractivity contribution is 5.88. The number of rotatable bonds is 3. The third-order valence-corrected chi connectivity index (χ3v) is 3.23. The Bertz CT molecular complexity index is 406. The lowest BCUT2D eigenvalue weighted by Crippen LogP contribution is -2.33. The molecule has 1 atom stereocenters. The molecule has 0 spiro atoms. The Balaban J connectivity index is 2.35. The molecule has 1 saturated heterocycles. The molecule has 1 aliphatic heterocycles. The van der Waals surface area contributed by atoms with Crippen LogP contribution in [0.4, 0.5) is 0 Å². The van der Waals surface area contributed by atoms with E-state index >= 15 is 0 Å². The predicted octanol–water partition coefficient (Wildman–Crippen LogP) is 1.63. The highest BCUT2D eigenvalue weighted by Gasteiger charge is 2.24. The fraction of sp³-hybridized carbons (Fsp3) is 0.667. The van der Waals surface area contributed by atoms with Gasteiger partial charge in [-0.3, -0.25) is 4.68 Å². The summed E-state index contributed by atoms with van der Waals surface area (Å²) in [6.07, 6.45) is 3.66. The van der Waals surface area contributed by atoms with Crippen LogP contribution in [0.5, 0.6) is 0 Å². The average Bonchev–Trinajstić information content (AvgIpc) is 2.74. The summed E-state index contributed by atoms with van der Waals surface area (Å²) in [6.45, 7) is 5.94. The third-order valence-electron chi connectivity index (χ3n) is 3.23. The number of hydrogen-bond donors (Lipinski definition) is 2. The molecule has 17 heavy (non-hydrogen) atoms. The van der Waals surface area contributed by atoms with Crippen LogP contribution in [-0.2, 0) is 0 Å². The van der Waals surface area contributed by atoms with Crippen molar-refractivity contribution in [3.63, 3.8) is 0 Å². The van der Waals surface area contributed by atoms with Crippen molar-refractivity contribution in [2.75, 3.05) is 13.1 Å².